The molecule has 0 saturated carbocycles. The number of benzene rings is 2. The fraction of sp³-hybridized carbons (Fsp3) is 0.500. The number of urea groups is 1. The minimum absolute atomic E-state index is 0.0290. The van der Waals surface area contributed by atoms with Gasteiger partial charge in [0.05, 0.1) is 17.7 Å². The van der Waals surface area contributed by atoms with E-state index in [4.69, 9.17) is 16.3 Å². The molecule has 4 rings (SSSR count). The molecule has 2 amide bonds. The lowest BCUT2D eigenvalue weighted by Gasteiger charge is -2.35. The average molecular weight is 553 g/mol. The smallest absolute Gasteiger partial charge is 0.422 e. The van der Waals surface area contributed by atoms with Crippen molar-refractivity contribution in [1.82, 2.24) is 9.80 Å². The van der Waals surface area contributed by atoms with E-state index in [-0.39, 0.29) is 46.8 Å². The molecule has 1 saturated heterocycles. The van der Waals surface area contributed by atoms with Crippen molar-refractivity contribution in [3.05, 3.63) is 64.2 Å². The Balaban J connectivity index is 1.61. The predicted molar refractivity (Wildman–Crippen MR) is 138 cm³/mol. The third-order valence-corrected chi connectivity index (χ3v) is 7.73. The van der Waals surface area contributed by atoms with Crippen LogP contribution in [0.2, 0.25) is 5.02 Å². The van der Waals surface area contributed by atoms with Crippen molar-refractivity contribution in [2.24, 2.45) is 0 Å². The maximum absolute atomic E-state index is 13.8. The molecule has 0 spiro atoms. The summed E-state index contributed by atoms with van der Waals surface area (Å²) in [5, 5.41) is 9.77. The summed E-state index contributed by atoms with van der Waals surface area (Å²) in [6.07, 6.45) is -0.940. The summed E-state index contributed by atoms with van der Waals surface area (Å²) in [7, 11) is 0. The van der Waals surface area contributed by atoms with Gasteiger partial charge in [-0.05, 0) is 61.9 Å². The van der Waals surface area contributed by atoms with Gasteiger partial charge in [-0.15, -0.1) is 0 Å². The number of aliphatic hydroxyl groups excluding tert-OH is 1. The summed E-state index contributed by atoms with van der Waals surface area (Å²) in [5.74, 6) is -0.813. The number of hydrogen-bond acceptors (Lipinski definition) is 4. The molecular formula is C28H32ClF3N2O4. The summed E-state index contributed by atoms with van der Waals surface area (Å²) in [5.41, 5.74) is 1.88. The quantitative estimate of drug-likeness (QED) is 0.448. The number of halogens is 4. The van der Waals surface area contributed by atoms with Gasteiger partial charge in [0.25, 0.3) is 0 Å². The number of carbonyl (C=O) groups excluding carboxylic acids is 2. The Hall–Kier alpha value is -2.78. The largest absolute Gasteiger partial charge is 0.484 e. The zero-order valence-corrected chi connectivity index (χ0v) is 22.0. The van der Waals surface area contributed by atoms with E-state index < -0.39 is 18.7 Å². The molecule has 2 aromatic rings. The normalized spacial score (nSPS) is 22.3. The number of ether oxygens (including phenoxy) is 1. The molecule has 0 aromatic heterocycles. The van der Waals surface area contributed by atoms with E-state index in [1.807, 2.05) is 36.1 Å². The van der Waals surface area contributed by atoms with Crippen molar-refractivity contribution in [2.45, 2.75) is 69.8 Å². The molecule has 1 fully saturated rings. The number of nitrogens with zero attached hydrogens (tertiary/aromatic N) is 2. The SMILES string of the molecule is C[C@@H]1CCCC(C(=O)c2ccc(OCC(F)(F)F)cc2Cl)c2ccccc2CN1C(=O)N1CCC[C@@H]1CO. The number of hydrogen-bond donors (Lipinski definition) is 1. The Morgan fingerprint density at radius 1 is 1.08 bits per heavy atom. The number of rotatable bonds is 5. The number of Topliss-reactive ketones (excluding diaryl/α,β-unsaturated/α-hetero) is 1. The minimum Gasteiger partial charge on any atom is -0.484 e. The molecular weight excluding hydrogens is 521 g/mol. The zero-order chi connectivity index (χ0) is 27.4. The van der Waals surface area contributed by atoms with Gasteiger partial charge in [0.2, 0.25) is 0 Å². The number of aliphatic hydroxyl groups is 1. The van der Waals surface area contributed by atoms with Crippen LogP contribution in [-0.2, 0) is 6.54 Å². The van der Waals surface area contributed by atoms with E-state index in [9.17, 15) is 27.9 Å². The number of ketones is 1. The standard InChI is InChI=1S/C28H32ClF3N2O4/c1-18-6-4-10-23(26(36)24-12-11-21(14-25(24)29)38-17-28(30,31)32)22-9-3-2-7-19(22)15-34(18)27(37)33-13-5-8-20(33)16-35/h2-3,7,9,11-12,14,18,20,23,35H,4-6,8,10,13,15-17H2,1H3/t18-,20-,23?/m1/s1. The third kappa shape index (κ3) is 6.43. The van der Waals surface area contributed by atoms with E-state index >= 15 is 0 Å². The highest BCUT2D eigenvalue weighted by Crippen LogP contribution is 2.36. The van der Waals surface area contributed by atoms with Crippen LogP contribution in [0.4, 0.5) is 18.0 Å². The molecule has 206 valence electrons. The highest BCUT2D eigenvalue weighted by molar-refractivity contribution is 6.34. The highest BCUT2D eigenvalue weighted by Gasteiger charge is 2.35. The predicted octanol–water partition coefficient (Wildman–Crippen LogP) is 6.20. The van der Waals surface area contributed by atoms with E-state index in [1.54, 1.807) is 4.90 Å². The number of amides is 2. The highest BCUT2D eigenvalue weighted by atomic mass is 35.5. The third-order valence-electron chi connectivity index (χ3n) is 7.42. The molecule has 2 aliphatic rings. The van der Waals surface area contributed by atoms with Crippen molar-refractivity contribution in [1.29, 1.82) is 0 Å². The molecule has 0 bridgehead atoms. The van der Waals surface area contributed by atoms with Gasteiger partial charge in [-0.3, -0.25) is 4.79 Å². The summed E-state index contributed by atoms with van der Waals surface area (Å²) in [6.45, 7) is 1.42. The maximum Gasteiger partial charge on any atom is 0.422 e. The molecule has 10 heteroatoms. The van der Waals surface area contributed by atoms with Gasteiger partial charge < -0.3 is 19.6 Å². The molecule has 2 aromatic carbocycles. The monoisotopic (exact) mass is 552 g/mol. The number of alkyl halides is 3. The summed E-state index contributed by atoms with van der Waals surface area (Å²) in [6, 6.07) is 11.1. The van der Waals surface area contributed by atoms with Gasteiger partial charge >= 0.3 is 12.2 Å². The fourth-order valence-corrected chi connectivity index (χ4v) is 5.66. The van der Waals surface area contributed by atoms with Gasteiger partial charge in [0, 0.05) is 30.6 Å². The van der Waals surface area contributed by atoms with Crippen LogP contribution < -0.4 is 4.74 Å². The molecule has 3 atom stereocenters. The van der Waals surface area contributed by atoms with E-state index in [1.165, 1.54) is 18.2 Å². The molecule has 0 radical (unpaired) electrons. The van der Waals surface area contributed by atoms with Gasteiger partial charge in [0.1, 0.15) is 5.75 Å². The van der Waals surface area contributed by atoms with E-state index in [0.717, 1.165) is 24.0 Å². The Morgan fingerprint density at radius 2 is 1.84 bits per heavy atom. The van der Waals surface area contributed by atoms with Gasteiger partial charge in [-0.2, -0.15) is 13.2 Å². The fourth-order valence-electron chi connectivity index (χ4n) is 5.40. The minimum atomic E-state index is -4.48. The Labute approximate surface area is 225 Å². The van der Waals surface area contributed by atoms with Crippen LogP contribution in [0.5, 0.6) is 5.75 Å². The lowest BCUT2D eigenvalue weighted by Crippen LogP contribution is -2.49. The van der Waals surface area contributed by atoms with Crippen LogP contribution in [0.3, 0.4) is 0 Å². The van der Waals surface area contributed by atoms with Gasteiger partial charge in [-0.1, -0.05) is 42.3 Å². The first kappa shape index (κ1) is 28.2. The lowest BCUT2D eigenvalue weighted by molar-refractivity contribution is -0.153. The molecule has 1 unspecified atom stereocenters. The summed E-state index contributed by atoms with van der Waals surface area (Å²) >= 11 is 6.35. The van der Waals surface area contributed by atoms with Crippen LogP contribution in [0.15, 0.2) is 42.5 Å². The molecule has 2 aliphatic heterocycles. The Bertz CT molecular complexity index is 1160. The van der Waals surface area contributed by atoms with Crippen molar-refractivity contribution in [2.75, 3.05) is 19.8 Å². The van der Waals surface area contributed by atoms with Gasteiger partial charge in [0.15, 0.2) is 12.4 Å². The first-order chi connectivity index (χ1) is 18.1. The first-order valence-electron chi connectivity index (χ1n) is 12.9. The molecule has 2 heterocycles. The lowest BCUT2D eigenvalue weighted by atomic mass is 9.84. The van der Waals surface area contributed by atoms with Crippen molar-refractivity contribution >= 4 is 23.4 Å². The second kappa shape index (κ2) is 11.9. The van der Waals surface area contributed by atoms with E-state index in [2.05, 4.69) is 0 Å². The first-order valence-corrected chi connectivity index (χ1v) is 13.3. The number of fused-ring (bicyclic) bond motifs is 1. The molecule has 6 nitrogen and oxygen atoms in total. The summed E-state index contributed by atoms with van der Waals surface area (Å²) in [4.78, 5) is 30.9. The second-order valence-corrected chi connectivity index (χ2v) is 10.4. The van der Waals surface area contributed by atoms with Crippen LogP contribution in [0.25, 0.3) is 0 Å². The number of likely N-dealkylation sites (tertiary alicyclic amines) is 1. The van der Waals surface area contributed by atoms with Crippen molar-refractivity contribution in [3.63, 3.8) is 0 Å². The second-order valence-electron chi connectivity index (χ2n) is 10.0. The van der Waals surface area contributed by atoms with Crippen LogP contribution >= 0.6 is 11.6 Å². The topological polar surface area (TPSA) is 70.1 Å². The van der Waals surface area contributed by atoms with Crippen LogP contribution in [0.1, 0.15) is 66.4 Å². The van der Waals surface area contributed by atoms with Gasteiger partial charge in [-0.25, -0.2) is 4.79 Å². The average Bonchev–Trinajstić information content (AvgIpc) is 3.38. The van der Waals surface area contributed by atoms with E-state index in [0.29, 0.717) is 32.4 Å². The summed E-state index contributed by atoms with van der Waals surface area (Å²) < 4.78 is 42.3. The Kier molecular flexibility index (Phi) is 8.88. The molecule has 38 heavy (non-hydrogen) atoms. The van der Waals surface area contributed by atoms with Crippen LogP contribution in [0, 0.1) is 0 Å². The van der Waals surface area contributed by atoms with Crippen molar-refractivity contribution < 1.29 is 32.6 Å². The molecule has 1 N–H and O–H groups in total. The number of carbonyl (C=O) groups is 2. The molecule has 0 aliphatic carbocycles. The Morgan fingerprint density at radius 3 is 2.55 bits per heavy atom. The maximum atomic E-state index is 13.8. The zero-order valence-electron chi connectivity index (χ0n) is 21.2. The van der Waals surface area contributed by atoms with Crippen molar-refractivity contribution in [3.8, 4) is 5.75 Å². The van der Waals surface area contributed by atoms with Crippen LogP contribution in [-0.4, -0.2) is 64.7 Å².